The third-order valence-corrected chi connectivity index (χ3v) is 3.32. The molecule has 0 fully saturated rings. The van der Waals surface area contributed by atoms with E-state index in [-0.39, 0.29) is 24.1 Å². The van der Waals surface area contributed by atoms with Crippen molar-refractivity contribution in [1.29, 1.82) is 0 Å². The van der Waals surface area contributed by atoms with Gasteiger partial charge >= 0.3 is 0 Å². The molecule has 18 heavy (non-hydrogen) atoms. The number of halogens is 1. The Kier molecular flexibility index (Phi) is 5.24. The van der Waals surface area contributed by atoms with Crippen molar-refractivity contribution in [2.75, 3.05) is 0 Å². The zero-order valence-electron chi connectivity index (χ0n) is 9.85. The third-order valence-electron chi connectivity index (χ3n) is 2.40. The number of benzene rings is 1. The van der Waals surface area contributed by atoms with Crippen molar-refractivity contribution in [3.8, 4) is 0 Å². The predicted octanol–water partition coefficient (Wildman–Crippen LogP) is 1.71. The van der Waals surface area contributed by atoms with Crippen molar-refractivity contribution in [1.82, 2.24) is 5.32 Å². The van der Waals surface area contributed by atoms with E-state index in [9.17, 15) is 14.9 Å². The highest BCUT2D eigenvalue weighted by atomic mass is 79.9. The fourth-order valence-electron chi connectivity index (χ4n) is 1.50. The summed E-state index contributed by atoms with van der Waals surface area (Å²) in [6.45, 7) is 2.26. The lowest BCUT2D eigenvalue weighted by atomic mass is 10.1. The van der Waals surface area contributed by atoms with Crippen LogP contribution < -0.4 is 11.1 Å². The molecule has 1 atom stereocenters. The Morgan fingerprint density at radius 3 is 2.83 bits per heavy atom. The van der Waals surface area contributed by atoms with E-state index in [1.165, 1.54) is 6.07 Å². The molecule has 0 aliphatic rings. The van der Waals surface area contributed by atoms with Gasteiger partial charge < -0.3 is 11.1 Å². The van der Waals surface area contributed by atoms with Crippen LogP contribution in [0.1, 0.15) is 18.9 Å². The van der Waals surface area contributed by atoms with Gasteiger partial charge in [-0.1, -0.05) is 12.1 Å². The fraction of sp³-hybridized carbons (Fsp3) is 0.364. The average Bonchev–Trinajstić information content (AvgIpc) is 2.26. The van der Waals surface area contributed by atoms with E-state index in [0.717, 1.165) is 5.56 Å². The highest BCUT2D eigenvalue weighted by Gasteiger charge is 2.15. The second kappa shape index (κ2) is 6.46. The molecule has 1 unspecified atom stereocenters. The first kappa shape index (κ1) is 14.6. The Balaban J connectivity index is 2.71. The number of amides is 1. The van der Waals surface area contributed by atoms with Gasteiger partial charge in [-0.2, -0.15) is 0 Å². The molecular weight excluding hydrogens is 302 g/mol. The van der Waals surface area contributed by atoms with Crippen LogP contribution in [0.3, 0.4) is 0 Å². The second-order valence-electron chi connectivity index (χ2n) is 3.96. The summed E-state index contributed by atoms with van der Waals surface area (Å²) in [7, 11) is 0. The molecule has 3 N–H and O–H groups in total. The van der Waals surface area contributed by atoms with Gasteiger partial charge in [0.25, 0.3) is 5.69 Å². The quantitative estimate of drug-likeness (QED) is 0.616. The fourth-order valence-corrected chi connectivity index (χ4v) is 2.05. The monoisotopic (exact) mass is 315 g/mol. The van der Waals surface area contributed by atoms with Crippen LogP contribution in [0.25, 0.3) is 0 Å². The maximum Gasteiger partial charge on any atom is 0.283 e. The molecule has 0 spiro atoms. The molecule has 98 valence electrons. The highest BCUT2D eigenvalue weighted by molar-refractivity contribution is 9.10. The normalized spacial score (nSPS) is 12.1. The zero-order valence-corrected chi connectivity index (χ0v) is 11.4. The first-order valence-corrected chi connectivity index (χ1v) is 6.14. The lowest BCUT2D eigenvalue weighted by Gasteiger charge is -2.12. The number of nitrogens with two attached hydrogens (primary N) is 1. The number of nitro groups is 1. The molecule has 1 aromatic rings. The molecule has 0 saturated carbocycles. The van der Waals surface area contributed by atoms with Crippen molar-refractivity contribution >= 4 is 27.5 Å². The van der Waals surface area contributed by atoms with E-state index >= 15 is 0 Å². The van der Waals surface area contributed by atoms with Gasteiger partial charge in [0.1, 0.15) is 0 Å². The van der Waals surface area contributed by atoms with Gasteiger partial charge in [-0.25, -0.2) is 0 Å². The van der Waals surface area contributed by atoms with Gasteiger partial charge in [-0.15, -0.1) is 0 Å². The summed E-state index contributed by atoms with van der Waals surface area (Å²) in [5.41, 5.74) is 5.87. The first-order valence-electron chi connectivity index (χ1n) is 5.35. The van der Waals surface area contributed by atoms with Gasteiger partial charge in [0.15, 0.2) is 0 Å². The van der Waals surface area contributed by atoms with Crippen molar-refractivity contribution in [2.45, 2.75) is 25.9 Å². The van der Waals surface area contributed by atoms with E-state index in [0.29, 0.717) is 11.0 Å². The van der Waals surface area contributed by atoms with Crippen molar-refractivity contribution in [3.63, 3.8) is 0 Å². The van der Waals surface area contributed by atoms with Crippen LogP contribution in [0.2, 0.25) is 0 Å². The average molecular weight is 316 g/mol. The van der Waals surface area contributed by atoms with Gasteiger partial charge in [0, 0.05) is 25.1 Å². The van der Waals surface area contributed by atoms with Crippen molar-refractivity contribution in [2.24, 2.45) is 5.73 Å². The molecule has 0 radical (unpaired) electrons. The van der Waals surface area contributed by atoms with Crippen LogP contribution in [0.15, 0.2) is 22.7 Å². The number of hydrogen-bond acceptors (Lipinski definition) is 4. The van der Waals surface area contributed by atoms with Crippen LogP contribution in [-0.4, -0.2) is 16.9 Å². The Bertz CT molecular complexity index is 465. The summed E-state index contributed by atoms with van der Waals surface area (Å²) in [6.07, 6.45) is 0.229. The summed E-state index contributed by atoms with van der Waals surface area (Å²) in [5, 5.41) is 13.8. The number of carbonyl (C=O) groups is 1. The van der Waals surface area contributed by atoms with Crippen LogP contribution in [0.5, 0.6) is 0 Å². The summed E-state index contributed by atoms with van der Waals surface area (Å²) in [6, 6.07) is 4.76. The summed E-state index contributed by atoms with van der Waals surface area (Å²) >= 11 is 3.21. The standard InChI is InChI=1S/C11H14BrN3O3/c1-7(5-10(13)16)14-6-8-3-2-4-9(11(8)12)15(17)18/h2-4,7,14H,5-6H2,1H3,(H2,13,16). The van der Waals surface area contributed by atoms with Gasteiger partial charge in [0.05, 0.1) is 9.40 Å². The molecule has 0 aromatic heterocycles. The lowest BCUT2D eigenvalue weighted by Crippen LogP contribution is -2.30. The number of hydrogen-bond donors (Lipinski definition) is 2. The first-order chi connectivity index (χ1) is 8.41. The van der Waals surface area contributed by atoms with E-state index in [1.807, 2.05) is 6.92 Å². The summed E-state index contributed by atoms with van der Waals surface area (Å²) < 4.78 is 0.453. The predicted molar refractivity (Wildman–Crippen MR) is 70.9 cm³/mol. The minimum Gasteiger partial charge on any atom is -0.370 e. The van der Waals surface area contributed by atoms with Crippen molar-refractivity contribution in [3.05, 3.63) is 38.3 Å². The summed E-state index contributed by atoms with van der Waals surface area (Å²) in [4.78, 5) is 21.0. The molecule has 1 aromatic carbocycles. The number of nitrogens with zero attached hydrogens (tertiary/aromatic N) is 1. The lowest BCUT2D eigenvalue weighted by molar-refractivity contribution is -0.385. The maximum absolute atomic E-state index is 10.8. The van der Waals surface area contributed by atoms with E-state index in [1.54, 1.807) is 12.1 Å². The third kappa shape index (κ3) is 4.08. The van der Waals surface area contributed by atoms with E-state index < -0.39 is 4.92 Å². The zero-order chi connectivity index (χ0) is 13.7. The number of primary amides is 1. The van der Waals surface area contributed by atoms with Crippen LogP contribution in [0.4, 0.5) is 5.69 Å². The van der Waals surface area contributed by atoms with Gasteiger partial charge in [0.2, 0.25) is 5.91 Å². The number of rotatable bonds is 6. The Hall–Kier alpha value is -1.47. The molecule has 1 amide bonds. The van der Waals surface area contributed by atoms with Crippen LogP contribution in [0, 0.1) is 10.1 Å². The number of nitrogens with one attached hydrogen (secondary N) is 1. The van der Waals surface area contributed by atoms with Crippen LogP contribution in [-0.2, 0) is 11.3 Å². The van der Waals surface area contributed by atoms with E-state index in [4.69, 9.17) is 5.73 Å². The van der Waals surface area contributed by atoms with Crippen LogP contribution >= 0.6 is 15.9 Å². The summed E-state index contributed by atoms with van der Waals surface area (Å²) in [5.74, 6) is -0.381. The Morgan fingerprint density at radius 1 is 1.61 bits per heavy atom. The van der Waals surface area contributed by atoms with Crippen molar-refractivity contribution < 1.29 is 9.72 Å². The Morgan fingerprint density at radius 2 is 2.28 bits per heavy atom. The number of nitro benzene ring substituents is 1. The Labute approximate surface area is 113 Å². The molecule has 0 aliphatic carbocycles. The largest absolute Gasteiger partial charge is 0.370 e. The molecule has 6 nitrogen and oxygen atoms in total. The minimum absolute atomic E-state index is 0.0249. The van der Waals surface area contributed by atoms with Gasteiger partial charge in [-0.3, -0.25) is 14.9 Å². The minimum atomic E-state index is -0.444. The maximum atomic E-state index is 10.8. The SMILES string of the molecule is CC(CC(N)=O)NCc1cccc([N+](=O)[O-])c1Br. The number of carbonyl (C=O) groups excluding carboxylic acids is 1. The molecule has 0 heterocycles. The highest BCUT2D eigenvalue weighted by Crippen LogP contribution is 2.28. The molecular formula is C11H14BrN3O3. The second-order valence-corrected chi connectivity index (χ2v) is 4.75. The molecule has 0 aliphatic heterocycles. The molecule has 0 bridgehead atoms. The topological polar surface area (TPSA) is 98.3 Å². The molecule has 1 rings (SSSR count). The van der Waals surface area contributed by atoms with E-state index in [2.05, 4.69) is 21.2 Å². The molecule has 0 saturated heterocycles. The van der Waals surface area contributed by atoms with Gasteiger partial charge in [-0.05, 0) is 28.4 Å². The molecule has 7 heteroatoms. The smallest absolute Gasteiger partial charge is 0.283 e.